The van der Waals surface area contributed by atoms with Crippen LogP contribution in [0, 0.1) is 12.7 Å². The first-order chi connectivity index (χ1) is 12.6. The van der Waals surface area contributed by atoms with Gasteiger partial charge in [0.25, 0.3) is 0 Å². The van der Waals surface area contributed by atoms with Crippen molar-refractivity contribution < 1.29 is 9.13 Å². The second-order valence-corrected chi connectivity index (χ2v) is 7.10. The van der Waals surface area contributed by atoms with Crippen LogP contribution in [-0.4, -0.2) is 26.3 Å². The maximum absolute atomic E-state index is 13.1. The van der Waals surface area contributed by atoms with E-state index in [2.05, 4.69) is 15.3 Å². The van der Waals surface area contributed by atoms with Gasteiger partial charge in [0, 0.05) is 10.8 Å². The number of rotatable bonds is 4. The molecule has 0 atom stereocenters. The number of aryl methyl sites for hydroxylation is 1. The van der Waals surface area contributed by atoms with E-state index in [1.807, 2.05) is 19.1 Å². The molecule has 0 fully saturated rings. The normalized spacial score (nSPS) is 13.3. The molecule has 0 spiro atoms. The van der Waals surface area contributed by atoms with Crippen LogP contribution in [0.3, 0.4) is 0 Å². The molecule has 132 valence electrons. The van der Waals surface area contributed by atoms with Crippen molar-refractivity contribution in [2.24, 2.45) is 5.10 Å². The quantitative estimate of drug-likeness (QED) is 0.668. The molecule has 1 aliphatic heterocycles. The fourth-order valence-electron chi connectivity index (χ4n) is 2.50. The van der Waals surface area contributed by atoms with Crippen molar-refractivity contribution >= 4 is 29.1 Å². The van der Waals surface area contributed by atoms with Crippen molar-refractivity contribution in [3.63, 3.8) is 0 Å². The summed E-state index contributed by atoms with van der Waals surface area (Å²) >= 11 is 7.57. The largest absolute Gasteiger partial charge is 0.486 e. The Bertz CT molecular complexity index is 987. The lowest BCUT2D eigenvalue weighted by molar-refractivity contribution is 0.289. The van der Waals surface area contributed by atoms with Crippen LogP contribution < -0.4 is 4.74 Å². The molecule has 1 aliphatic rings. The Morgan fingerprint density at radius 1 is 1.19 bits per heavy atom. The first-order valence-electron chi connectivity index (χ1n) is 7.90. The van der Waals surface area contributed by atoms with Gasteiger partial charge in [-0.05, 0) is 48.4 Å². The maximum Gasteiger partial charge on any atom is 0.212 e. The third-order valence-corrected chi connectivity index (χ3v) is 5.26. The molecule has 8 heteroatoms. The van der Waals surface area contributed by atoms with Crippen LogP contribution in [0.5, 0.6) is 5.75 Å². The number of thioether (sulfide) groups is 1. The van der Waals surface area contributed by atoms with Crippen LogP contribution in [-0.2, 0) is 6.61 Å². The summed E-state index contributed by atoms with van der Waals surface area (Å²) < 4.78 is 20.6. The van der Waals surface area contributed by atoms with Crippen LogP contribution in [0.25, 0.3) is 0 Å². The second-order valence-electron chi connectivity index (χ2n) is 5.75. The van der Waals surface area contributed by atoms with Crippen LogP contribution in [0.4, 0.5) is 4.39 Å². The molecule has 2 aromatic carbocycles. The predicted octanol–water partition coefficient (Wildman–Crippen LogP) is 4.32. The summed E-state index contributed by atoms with van der Waals surface area (Å²) in [6, 6.07) is 11.8. The first-order valence-corrected chi connectivity index (χ1v) is 9.26. The Kier molecular flexibility index (Phi) is 4.65. The van der Waals surface area contributed by atoms with Gasteiger partial charge in [-0.2, -0.15) is 9.78 Å². The molecule has 26 heavy (non-hydrogen) atoms. The average molecular weight is 389 g/mol. The zero-order valence-electron chi connectivity index (χ0n) is 13.8. The molecule has 3 aromatic rings. The van der Waals surface area contributed by atoms with Gasteiger partial charge in [-0.1, -0.05) is 35.5 Å². The van der Waals surface area contributed by atoms with Gasteiger partial charge >= 0.3 is 0 Å². The number of benzene rings is 2. The maximum atomic E-state index is 13.1. The number of nitrogens with zero attached hydrogens (tertiary/aromatic N) is 4. The van der Waals surface area contributed by atoms with Crippen LogP contribution >= 0.6 is 23.4 Å². The van der Waals surface area contributed by atoms with Crippen molar-refractivity contribution in [1.82, 2.24) is 14.9 Å². The first kappa shape index (κ1) is 17.1. The van der Waals surface area contributed by atoms with Gasteiger partial charge in [0.2, 0.25) is 5.16 Å². The van der Waals surface area contributed by atoms with Crippen molar-refractivity contribution in [2.45, 2.75) is 18.7 Å². The molecule has 2 heterocycles. The van der Waals surface area contributed by atoms with E-state index < -0.39 is 0 Å². The summed E-state index contributed by atoms with van der Waals surface area (Å²) in [6.07, 6.45) is 0. The van der Waals surface area contributed by atoms with Crippen molar-refractivity contribution in [3.05, 3.63) is 70.3 Å². The summed E-state index contributed by atoms with van der Waals surface area (Å²) in [4.78, 5) is 0. The minimum absolute atomic E-state index is 0.231. The van der Waals surface area contributed by atoms with E-state index in [4.69, 9.17) is 16.3 Å². The zero-order chi connectivity index (χ0) is 18.1. The molecule has 0 N–H and O–H groups in total. The van der Waals surface area contributed by atoms with Crippen LogP contribution in [0.1, 0.15) is 17.0 Å². The van der Waals surface area contributed by atoms with Gasteiger partial charge in [0.1, 0.15) is 18.2 Å². The monoisotopic (exact) mass is 388 g/mol. The number of hydrogen-bond donors (Lipinski definition) is 0. The topological polar surface area (TPSA) is 52.3 Å². The average Bonchev–Trinajstić information content (AvgIpc) is 3.05. The Morgan fingerprint density at radius 2 is 2.00 bits per heavy atom. The third-order valence-electron chi connectivity index (χ3n) is 3.91. The van der Waals surface area contributed by atoms with Crippen molar-refractivity contribution in [3.8, 4) is 5.75 Å². The molecule has 0 saturated carbocycles. The molecule has 1 aromatic heterocycles. The Labute approximate surface area is 158 Å². The van der Waals surface area contributed by atoms with Crippen molar-refractivity contribution in [1.29, 1.82) is 0 Å². The van der Waals surface area contributed by atoms with Gasteiger partial charge < -0.3 is 4.74 Å². The van der Waals surface area contributed by atoms with E-state index in [1.54, 1.807) is 22.9 Å². The van der Waals surface area contributed by atoms with Gasteiger partial charge in [-0.3, -0.25) is 0 Å². The van der Waals surface area contributed by atoms with Crippen LogP contribution in [0.15, 0.2) is 52.7 Å². The second kappa shape index (κ2) is 7.09. The van der Waals surface area contributed by atoms with E-state index in [-0.39, 0.29) is 12.4 Å². The highest BCUT2D eigenvalue weighted by atomic mass is 35.5. The van der Waals surface area contributed by atoms with E-state index in [0.717, 1.165) is 16.8 Å². The minimum atomic E-state index is -0.268. The summed E-state index contributed by atoms with van der Waals surface area (Å²) in [5, 5.41) is 14.3. The Morgan fingerprint density at radius 3 is 2.77 bits per heavy atom. The molecular formula is C18H14ClFN4OS. The summed E-state index contributed by atoms with van der Waals surface area (Å²) in [7, 11) is 0. The van der Waals surface area contributed by atoms with E-state index in [0.29, 0.717) is 27.5 Å². The number of halogens is 2. The molecule has 0 bridgehead atoms. The van der Waals surface area contributed by atoms with Gasteiger partial charge in [-0.25, -0.2) is 4.39 Å². The number of aromatic nitrogens is 3. The number of hydrogen-bond acceptors (Lipinski definition) is 5. The zero-order valence-corrected chi connectivity index (χ0v) is 15.4. The SMILES string of the molecule is Cc1cc(OCc2nnc3n2N=C(c2ccc(F)cc2)CS3)ccc1Cl. The molecule has 4 rings (SSSR count). The summed E-state index contributed by atoms with van der Waals surface area (Å²) in [5.74, 6) is 1.69. The van der Waals surface area contributed by atoms with Gasteiger partial charge in [0.05, 0.1) is 5.71 Å². The van der Waals surface area contributed by atoms with Crippen molar-refractivity contribution in [2.75, 3.05) is 5.75 Å². The highest BCUT2D eigenvalue weighted by molar-refractivity contribution is 7.99. The molecule has 0 radical (unpaired) electrons. The van der Waals surface area contributed by atoms with Crippen LogP contribution in [0.2, 0.25) is 5.02 Å². The highest BCUT2D eigenvalue weighted by Gasteiger charge is 2.20. The van der Waals surface area contributed by atoms with E-state index in [1.165, 1.54) is 23.9 Å². The van der Waals surface area contributed by atoms with E-state index >= 15 is 0 Å². The summed E-state index contributed by atoms with van der Waals surface area (Å²) in [6.45, 7) is 2.15. The van der Waals surface area contributed by atoms with E-state index in [9.17, 15) is 4.39 Å². The lowest BCUT2D eigenvalue weighted by atomic mass is 10.1. The Hall–Kier alpha value is -2.38. The molecule has 0 unspecified atom stereocenters. The highest BCUT2D eigenvalue weighted by Crippen LogP contribution is 2.25. The predicted molar refractivity (Wildman–Crippen MR) is 99.6 cm³/mol. The standard InChI is InChI=1S/C18H14ClFN4OS/c1-11-8-14(6-7-15(11)19)25-9-17-21-22-18-24(17)23-16(10-26-18)12-2-4-13(20)5-3-12/h2-8H,9-10H2,1H3. The molecular weight excluding hydrogens is 375 g/mol. The number of ether oxygens (including phenoxy) is 1. The van der Waals surface area contributed by atoms with Gasteiger partial charge in [0.15, 0.2) is 5.82 Å². The fraction of sp³-hybridized carbons (Fsp3) is 0.167. The lowest BCUT2D eigenvalue weighted by Crippen LogP contribution is -2.15. The Balaban J connectivity index is 1.56. The smallest absolute Gasteiger partial charge is 0.212 e. The van der Waals surface area contributed by atoms with Gasteiger partial charge in [-0.15, -0.1) is 10.2 Å². The third kappa shape index (κ3) is 3.45. The lowest BCUT2D eigenvalue weighted by Gasteiger charge is -2.14. The minimum Gasteiger partial charge on any atom is -0.486 e. The molecule has 0 aliphatic carbocycles. The fourth-order valence-corrected chi connectivity index (χ4v) is 3.47. The molecule has 5 nitrogen and oxygen atoms in total. The number of fused-ring (bicyclic) bond motifs is 1. The summed E-state index contributed by atoms with van der Waals surface area (Å²) in [5.41, 5.74) is 2.66. The molecule has 0 saturated heterocycles. The molecule has 0 amide bonds.